The first-order valence-corrected chi connectivity index (χ1v) is 13.9. The molecular weight excluding hydrogens is 392 g/mol. The zero-order valence-electron chi connectivity index (χ0n) is 19.9. The molecule has 2 heteroatoms. The maximum Gasteiger partial charge on any atom is 0.123 e. The maximum atomic E-state index is 6.73. The number of hydrogen-bond acceptors (Lipinski definition) is 2. The van der Waals surface area contributed by atoms with E-state index in [1.54, 1.807) is 11.1 Å². The van der Waals surface area contributed by atoms with E-state index in [4.69, 9.17) is 9.47 Å². The van der Waals surface area contributed by atoms with E-state index >= 15 is 0 Å². The molecule has 2 nitrogen and oxygen atoms in total. The molecule has 32 heavy (non-hydrogen) atoms. The van der Waals surface area contributed by atoms with Crippen LogP contribution in [0.3, 0.4) is 0 Å². The van der Waals surface area contributed by atoms with Crippen molar-refractivity contribution in [3.63, 3.8) is 0 Å². The molecule has 1 aromatic rings. The Balaban J connectivity index is 1.19. The van der Waals surface area contributed by atoms with Crippen molar-refractivity contribution in [2.24, 2.45) is 35.5 Å². The van der Waals surface area contributed by atoms with Crippen LogP contribution in [0.4, 0.5) is 0 Å². The predicted octanol–water partition coefficient (Wildman–Crippen LogP) is 6.79. The van der Waals surface area contributed by atoms with Crippen LogP contribution in [0.25, 0.3) is 0 Å². The Kier molecular flexibility index (Phi) is 3.83. The molecule has 1 heterocycles. The van der Waals surface area contributed by atoms with Gasteiger partial charge in [-0.15, -0.1) is 0 Å². The van der Waals surface area contributed by atoms with Gasteiger partial charge < -0.3 is 9.47 Å². The predicted molar refractivity (Wildman–Crippen MR) is 126 cm³/mol. The summed E-state index contributed by atoms with van der Waals surface area (Å²) in [6, 6.07) is 7.72. The van der Waals surface area contributed by atoms with Crippen molar-refractivity contribution in [3.8, 4) is 5.75 Å². The molecule has 0 amide bonds. The van der Waals surface area contributed by atoms with Crippen LogP contribution in [0.1, 0.15) is 95.1 Å². The highest BCUT2D eigenvalue weighted by atomic mass is 16.6. The standard InChI is InChI=1S/C30H40O2/c1-28(18-32-28)17-31-27-10-25(29-11-19-4-20(12-29)6-21(5-19)13-29)2-3-26(27)30-14-22-7-23(15-30)9-24(8-22)16-30/h2-3,10,19-24H,4-9,11-18H2,1H3. The normalized spacial score (nSPS) is 51.9. The Labute approximate surface area is 193 Å². The minimum Gasteiger partial charge on any atom is -0.490 e. The summed E-state index contributed by atoms with van der Waals surface area (Å²) in [5.41, 5.74) is 4.01. The van der Waals surface area contributed by atoms with Gasteiger partial charge in [-0.05, 0) is 142 Å². The molecule has 0 spiro atoms. The van der Waals surface area contributed by atoms with Gasteiger partial charge in [0.1, 0.15) is 18.0 Å². The van der Waals surface area contributed by atoms with Gasteiger partial charge in [0.05, 0.1) is 6.61 Å². The van der Waals surface area contributed by atoms with Gasteiger partial charge in [-0.2, -0.15) is 0 Å². The topological polar surface area (TPSA) is 21.8 Å². The molecule has 1 saturated heterocycles. The van der Waals surface area contributed by atoms with E-state index in [0.717, 1.165) is 48.7 Å². The van der Waals surface area contributed by atoms with Crippen molar-refractivity contribution in [3.05, 3.63) is 29.3 Å². The van der Waals surface area contributed by atoms with Gasteiger partial charge in [-0.25, -0.2) is 0 Å². The zero-order valence-corrected chi connectivity index (χ0v) is 19.9. The van der Waals surface area contributed by atoms with Crippen LogP contribution in [0.15, 0.2) is 18.2 Å². The SMILES string of the molecule is CC1(COc2cc(C34CC5CC(CC(C5)C3)C4)ccc2C23CC4CC(CC(C4)C2)C3)CO1. The third-order valence-electron chi connectivity index (χ3n) is 11.4. The summed E-state index contributed by atoms with van der Waals surface area (Å²) >= 11 is 0. The van der Waals surface area contributed by atoms with Gasteiger partial charge in [0.2, 0.25) is 0 Å². The monoisotopic (exact) mass is 432 g/mol. The summed E-state index contributed by atoms with van der Waals surface area (Å²) < 4.78 is 12.4. The van der Waals surface area contributed by atoms with E-state index < -0.39 is 0 Å². The molecular formula is C30H40O2. The summed E-state index contributed by atoms with van der Waals surface area (Å²) in [6.45, 7) is 3.78. The first-order valence-electron chi connectivity index (χ1n) is 13.9. The molecule has 172 valence electrons. The molecule has 9 aliphatic rings. The Morgan fingerprint density at radius 2 is 1.22 bits per heavy atom. The van der Waals surface area contributed by atoms with Crippen molar-refractivity contribution in [1.29, 1.82) is 0 Å². The largest absolute Gasteiger partial charge is 0.490 e. The summed E-state index contributed by atoms with van der Waals surface area (Å²) in [5, 5.41) is 0. The second-order valence-corrected chi connectivity index (χ2v) is 14.1. The third kappa shape index (κ3) is 2.87. The minimum atomic E-state index is -0.0462. The van der Waals surface area contributed by atoms with Crippen molar-refractivity contribution < 1.29 is 9.47 Å². The van der Waals surface area contributed by atoms with Gasteiger partial charge >= 0.3 is 0 Å². The molecule has 0 radical (unpaired) electrons. The van der Waals surface area contributed by atoms with Gasteiger partial charge in [0.15, 0.2) is 0 Å². The molecule has 10 rings (SSSR count). The van der Waals surface area contributed by atoms with Crippen molar-refractivity contribution in [2.45, 2.75) is 100 Å². The van der Waals surface area contributed by atoms with Crippen LogP contribution >= 0.6 is 0 Å². The molecule has 1 aliphatic heterocycles. The molecule has 1 aromatic carbocycles. The second-order valence-electron chi connectivity index (χ2n) is 14.1. The highest BCUT2D eigenvalue weighted by Crippen LogP contribution is 2.64. The number of hydrogen-bond donors (Lipinski definition) is 0. The molecule has 1 unspecified atom stereocenters. The van der Waals surface area contributed by atoms with Gasteiger partial charge in [-0.3, -0.25) is 0 Å². The summed E-state index contributed by atoms with van der Waals surface area (Å²) in [7, 11) is 0. The van der Waals surface area contributed by atoms with Crippen LogP contribution in [-0.4, -0.2) is 18.8 Å². The third-order valence-corrected chi connectivity index (χ3v) is 11.4. The number of epoxide rings is 1. The minimum absolute atomic E-state index is 0.0462. The van der Waals surface area contributed by atoms with Crippen LogP contribution in [0.5, 0.6) is 5.75 Å². The fraction of sp³-hybridized carbons (Fsp3) is 0.800. The summed E-state index contributed by atoms with van der Waals surface area (Å²) in [5.74, 6) is 7.15. The van der Waals surface area contributed by atoms with Crippen LogP contribution < -0.4 is 4.74 Å². The molecule has 8 saturated carbocycles. The highest BCUT2D eigenvalue weighted by molar-refractivity contribution is 5.47. The van der Waals surface area contributed by atoms with E-state index in [1.807, 2.05) is 0 Å². The number of ether oxygens (including phenoxy) is 2. The quantitative estimate of drug-likeness (QED) is 0.478. The number of benzene rings is 1. The van der Waals surface area contributed by atoms with Gasteiger partial charge in [0, 0.05) is 5.56 Å². The first kappa shape index (κ1) is 19.3. The summed E-state index contributed by atoms with van der Waals surface area (Å²) in [6.07, 6.45) is 17.6. The fourth-order valence-electron chi connectivity index (χ4n) is 10.8. The van der Waals surface area contributed by atoms with E-state index in [1.165, 1.54) is 82.8 Å². The van der Waals surface area contributed by atoms with Crippen LogP contribution in [0, 0.1) is 35.5 Å². The lowest BCUT2D eigenvalue weighted by Crippen LogP contribution is -2.49. The van der Waals surface area contributed by atoms with Crippen LogP contribution in [-0.2, 0) is 15.6 Å². The molecule has 8 aliphatic carbocycles. The Morgan fingerprint density at radius 1 is 0.750 bits per heavy atom. The molecule has 8 bridgehead atoms. The van der Waals surface area contributed by atoms with Gasteiger partial charge in [-0.1, -0.05) is 12.1 Å². The van der Waals surface area contributed by atoms with E-state index in [2.05, 4.69) is 25.1 Å². The average Bonchev–Trinajstić information content (AvgIpc) is 3.48. The summed E-state index contributed by atoms with van der Waals surface area (Å²) in [4.78, 5) is 0. The van der Waals surface area contributed by atoms with E-state index in [9.17, 15) is 0 Å². The zero-order chi connectivity index (χ0) is 21.1. The molecule has 9 fully saturated rings. The van der Waals surface area contributed by atoms with E-state index in [-0.39, 0.29) is 5.60 Å². The van der Waals surface area contributed by atoms with Crippen molar-refractivity contribution >= 4 is 0 Å². The lowest BCUT2D eigenvalue weighted by molar-refractivity contribution is -0.00815. The smallest absolute Gasteiger partial charge is 0.123 e. The first-order chi connectivity index (χ1) is 15.5. The lowest BCUT2D eigenvalue weighted by Gasteiger charge is -2.58. The Morgan fingerprint density at radius 3 is 1.69 bits per heavy atom. The molecule has 0 N–H and O–H groups in total. The fourth-order valence-corrected chi connectivity index (χ4v) is 10.8. The van der Waals surface area contributed by atoms with Crippen molar-refractivity contribution in [2.75, 3.05) is 13.2 Å². The Hall–Kier alpha value is -1.02. The second kappa shape index (κ2) is 6.35. The highest BCUT2D eigenvalue weighted by Gasteiger charge is 2.54. The van der Waals surface area contributed by atoms with Crippen molar-refractivity contribution in [1.82, 2.24) is 0 Å². The van der Waals surface area contributed by atoms with Crippen LogP contribution in [0.2, 0.25) is 0 Å². The average molecular weight is 433 g/mol. The van der Waals surface area contributed by atoms with E-state index in [0.29, 0.717) is 10.8 Å². The number of rotatable bonds is 5. The van der Waals surface area contributed by atoms with Gasteiger partial charge in [0.25, 0.3) is 0 Å². The lowest BCUT2D eigenvalue weighted by atomic mass is 9.47. The Bertz CT molecular complexity index is 870. The molecule has 0 aromatic heterocycles. The molecule has 1 atom stereocenters. The maximum absolute atomic E-state index is 6.73.